The molecule has 0 N–H and O–H groups in total. The first kappa shape index (κ1) is 6.76. The quantitative estimate of drug-likeness (QED) is 0.497. The second kappa shape index (κ2) is 5.76. The Morgan fingerprint density at radius 1 is 1.57 bits per heavy atom. The number of thioether (sulfide) groups is 1. The molecule has 0 aromatic heterocycles. The summed E-state index contributed by atoms with van der Waals surface area (Å²) in [7, 11) is 1.75. The van der Waals surface area contributed by atoms with Crippen LogP contribution in [0.1, 0.15) is 0 Å². The minimum Gasteiger partial charge on any atom is -0.296 e. The van der Waals surface area contributed by atoms with Gasteiger partial charge in [0.15, 0.2) is 0 Å². The molecule has 0 aliphatic rings. The highest BCUT2D eigenvalue weighted by Crippen LogP contribution is 1.89. The standard InChI is InChI=1S/C5H9NS/c1-6-4-3-5-7-2/h3-5H,1-2H3/b5-3-,6-4?. The third-order valence-electron chi connectivity index (χ3n) is 0.450. The Balaban J connectivity index is 3.09. The molecule has 0 radical (unpaired) electrons. The zero-order chi connectivity index (χ0) is 5.54. The average Bonchev–Trinajstić information content (AvgIpc) is 1.69. The van der Waals surface area contributed by atoms with Crippen LogP contribution in [0.2, 0.25) is 0 Å². The van der Waals surface area contributed by atoms with E-state index in [4.69, 9.17) is 0 Å². The molecule has 0 saturated heterocycles. The normalized spacial score (nSPS) is 11.7. The number of nitrogens with zero attached hydrogens (tertiary/aromatic N) is 1. The fourth-order valence-electron chi connectivity index (χ4n) is 0.200. The number of hydrogen-bond acceptors (Lipinski definition) is 2. The molecule has 0 rings (SSSR count). The monoisotopic (exact) mass is 115 g/mol. The molecule has 0 fully saturated rings. The van der Waals surface area contributed by atoms with Crippen LogP contribution in [0.4, 0.5) is 0 Å². The van der Waals surface area contributed by atoms with E-state index in [1.165, 1.54) is 0 Å². The van der Waals surface area contributed by atoms with Crippen molar-refractivity contribution in [3.8, 4) is 0 Å². The van der Waals surface area contributed by atoms with Gasteiger partial charge >= 0.3 is 0 Å². The second-order valence-electron chi connectivity index (χ2n) is 0.972. The van der Waals surface area contributed by atoms with E-state index in [0.717, 1.165) is 0 Å². The number of allylic oxidation sites excluding steroid dienone is 1. The van der Waals surface area contributed by atoms with Crippen molar-refractivity contribution in [2.45, 2.75) is 0 Å². The van der Waals surface area contributed by atoms with E-state index >= 15 is 0 Å². The molecule has 0 bridgehead atoms. The zero-order valence-electron chi connectivity index (χ0n) is 4.59. The summed E-state index contributed by atoms with van der Waals surface area (Å²) in [4.78, 5) is 3.75. The Kier molecular flexibility index (Phi) is 5.56. The Bertz CT molecular complexity index is 76.1. The predicted molar refractivity (Wildman–Crippen MR) is 37.1 cm³/mol. The van der Waals surface area contributed by atoms with Crippen molar-refractivity contribution in [3.63, 3.8) is 0 Å². The smallest absolute Gasteiger partial charge is 0.0277 e. The van der Waals surface area contributed by atoms with Crippen LogP contribution < -0.4 is 0 Å². The summed E-state index contributed by atoms with van der Waals surface area (Å²) in [5.41, 5.74) is 0. The lowest BCUT2D eigenvalue weighted by molar-refractivity contribution is 1.48. The molecule has 0 aromatic carbocycles. The van der Waals surface area contributed by atoms with E-state index < -0.39 is 0 Å². The van der Waals surface area contributed by atoms with Gasteiger partial charge in [-0.2, -0.15) is 0 Å². The minimum absolute atomic E-state index is 1.67. The lowest BCUT2D eigenvalue weighted by atomic mass is 10.7. The van der Waals surface area contributed by atoms with Gasteiger partial charge in [0, 0.05) is 13.3 Å². The molecule has 0 atom stereocenters. The van der Waals surface area contributed by atoms with Crippen molar-refractivity contribution in [2.24, 2.45) is 4.99 Å². The Labute approximate surface area is 48.5 Å². The molecule has 0 spiro atoms. The van der Waals surface area contributed by atoms with Gasteiger partial charge in [0.1, 0.15) is 0 Å². The molecule has 0 aliphatic heterocycles. The molecular formula is C5H9NS. The molecule has 0 unspecified atom stereocenters. The van der Waals surface area contributed by atoms with Crippen LogP contribution in [0.3, 0.4) is 0 Å². The number of hydrogen-bond donors (Lipinski definition) is 0. The largest absolute Gasteiger partial charge is 0.296 e. The summed E-state index contributed by atoms with van der Waals surface area (Å²) in [5, 5.41) is 1.98. The SMILES string of the molecule is CN=C/C=C\SC. The van der Waals surface area contributed by atoms with Gasteiger partial charge < -0.3 is 0 Å². The van der Waals surface area contributed by atoms with Crippen LogP contribution in [0, 0.1) is 0 Å². The number of aliphatic imine (C=N–C) groups is 1. The molecule has 0 heterocycles. The van der Waals surface area contributed by atoms with Crippen LogP contribution in [-0.2, 0) is 0 Å². The molecule has 7 heavy (non-hydrogen) atoms. The van der Waals surface area contributed by atoms with E-state index in [1.807, 2.05) is 17.7 Å². The second-order valence-corrected chi connectivity index (χ2v) is 1.72. The van der Waals surface area contributed by atoms with E-state index in [9.17, 15) is 0 Å². The molecule has 0 aliphatic carbocycles. The Hall–Kier alpha value is -0.240. The van der Waals surface area contributed by atoms with Gasteiger partial charge in [-0.3, -0.25) is 4.99 Å². The van der Waals surface area contributed by atoms with E-state index in [0.29, 0.717) is 0 Å². The molecule has 1 nitrogen and oxygen atoms in total. The van der Waals surface area contributed by atoms with Crippen LogP contribution in [0.5, 0.6) is 0 Å². The van der Waals surface area contributed by atoms with Gasteiger partial charge in [-0.1, -0.05) is 0 Å². The lowest BCUT2D eigenvalue weighted by Gasteiger charge is -1.70. The van der Waals surface area contributed by atoms with Crippen molar-refractivity contribution < 1.29 is 0 Å². The summed E-state index contributed by atoms with van der Waals surface area (Å²) in [6.07, 6.45) is 5.68. The molecule has 2 heteroatoms. The highest BCUT2D eigenvalue weighted by Gasteiger charge is 1.58. The van der Waals surface area contributed by atoms with Crippen LogP contribution >= 0.6 is 11.8 Å². The maximum absolute atomic E-state index is 3.75. The van der Waals surface area contributed by atoms with E-state index in [2.05, 4.69) is 4.99 Å². The summed E-state index contributed by atoms with van der Waals surface area (Å²) < 4.78 is 0. The van der Waals surface area contributed by atoms with Crippen molar-refractivity contribution in [3.05, 3.63) is 11.5 Å². The van der Waals surface area contributed by atoms with Gasteiger partial charge in [0.25, 0.3) is 0 Å². The highest BCUT2D eigenvalue weighted by molar-refractivity contribution is 8.01. The average molecular weight is 115 g/mol. The summed E-state index contributed by atoms with van der Waals surface area (Å²) in [5.74, 6) is 0. The van der Waals surface area contributed by atoms with Crippen molar-refractivity contribution in [2.75, 3.05) is 13.3 Å². The first-order chi connectivity index (χ1) is 3.41. The fraction of sp³-hybridized carbons (Fsp3) is 0.400. The Morgan fingerprint density at radius 3 is 2.71 bits per heavy atom. The van der Waals surface area contributed by atoms with Crippen LogP contribution in [0.25, 0.3) is 0 Å². The molecule has 0 amide bonds. The highest BCUT2D eigenvalue weighted by atomic mass is 32.2. The first-order valence-corrected chi connectivity index (χ1v) is 3.30. The van der Waals surface area contributed by atoms with Crippen LogP contribution in [-0.4, -0.2) is 19.5 Å². The third-order valence-corrected chi connectivity index (χ3v) is 0.879. The predicted octanol–water partition coefficient (Wildman–Crippen LogP) is 1.56. The van der Waals surface area contributed by atoms with Crippen LogP contribution in [0.15, 0.2) is 16.5 Å². The third kappa shape index (κ3) is 5.76. The lowest BCUT2D eigenvalue weighted by Crippen LogP contribution is -1.57. The van der Waals surface area contributed by atoms with Gasteiger partial charge in [-0.25, -0.2) is 0 Å². The zero-order valence-corrected chi connectivity index (χ0v) is 5.40. The summed E-state index contributed by atoms with van der Waals surface area (Å²) >= 11 is 1.67. The minimum atomic E-state index is 1.67. The molecule has 0 saturated carbocycles. The topological polar surface area (TPSA) is 12.4 Å². The Morgan fingerprint density at radius 2 is 2.29 bits per heavy atom. The fourth-order valence-corrected chi connectivity index (χ4v) is 0.427. The van der Waals surface area contributed by atoms with Crippen molar-refractivity contribution in [1.29, 1.82) is 0 Å². The maximum atomic E-state index is 3.75. The number of rotatable bonds is 2. The van der Waals surface area contributed by atoms with Gasteiger partial charge in [-0.15, -0.1) is 11.8 Å². The van der Waals surface area contributed by atoms with Crippen molar-refractivity contribution >= 4 is 18.0 Å². The van der Waals surface area contributed by atoms with Crippen molar-refractivity contribution in [1.82, 2.24) is 0 Å². The first-order valence-electron chi connectivity index (χ1n) is 2.02. The maximum Gasteiger partial charge on any atom is 0.0277 e. The summed E-state index contributed by atoms with van der Waals surface area (Å²) in [6, 6.07) is 0. The van der Waals surface area contributed by atoms with E-state index in [-0.39, 0.29) is 0 Å². The molecule has 0 aromatic rings. The summed E-state index contributed by atoms with van der Waals surface area (Å²) in [6.45, 7) is 0. The molecular weight excluding hydrogens is 106 g/mol. The van der Waals surface area contributed by atoms with Gasteiger partial charge in [0.2, 0.25) is 0 Å². The van der Waals surface area contributed by atoms with Gasteiger partial charge in [0.05, 0.1) is 0 Å². The van der Waals surface area contributed by atoms with E-state index in [1.54, 1.807) is 25.0 Å². The molecule has 40 valence electrons. The van der Waals surface area contributed by atoms with Gasteiger partial charge in [-0.05, 0) is 17.7 Å².